The van der Waals surface area contributed by atoms with Gasteiger partial charge in [-0.25, -0.2) is 4.98 Å². The lowest BCUT2D eigenvalue weighted by Crippen LogP contribution is -2.37. The van der Waals surface area contributed by atoms with Crippen molar-refractivity contribution < 1.29 is 14.3 Å². The summed E-state index contributed by atoms with van der Waals surface area (Å²) in [5.74, 6) is 1.51. The van der Waals surface area contributed by atoms with Crippen LogP contribution in [0.15, 0.2) is 24.5 Å². The first-order valence-corrected chi connectivity index (χ1v) is 9.26. The van der Waals surface area contributed by atoms with Crippen LogP contribution in [0, 0.1) is 19.8 Å². The third kappa shape index (κ3) is 4.48. The van der Waals surface area contributed by atoms with Gasteiger partial charge in [0.1, 0.15) is 17.8 Å². The monoisotopic (exact) mass is 370 g/mol. The summed E-state index contributed by atoms with van der Waals surface area (Å²) >= 11 is 0. The van der Waals surface area contributed by atoms with Crippen LogP contribution in [0.4, 0.5) is 11.5 Å². The zero-order valence-electron chi connectivity index (χ0n) is 16.1. The third-order valence-corrected chi connectivity index (χ3v) is 4.65. The quantitative estimate of drug-likeness (QED) is 0.808. The highest BCUT2D eigenvalue weighted by atomic mass is 16.5. The van der Waals surface area contributed by atoms with Gasteiger partial charge in [-0.3, -0.25) is 4.79 Å². The van der Waals surface area contributed by atoms with Gasteiger partial charge in [0, 0.05) is 13.1 Å². The molecule has 1 saturated heterocycles. The second kappa shape index (κ2) is 8.24. The maximum atomic E-state index is 11.9. The molecule has 144 valence electrons. The number of hydrogen-bond donors (Lipinski definition) is 1. The Balaban J connectivity index is 1.73. The van der Waals surface area contributed by atoms with Crippen LogP contribution >= 0.6 is 0 Å². The zero-order valence-corrected chi connectivity index (χ0v) is 16.1. The molecule has 7 heteroatoms. The molecule has 0 aliphatic carbocycles. The summed E-state index contributed by atoms with van der Waals surface area (Å²) in [5.41, 5.74) is 8.93. The molecule has 2 N–H and O–H groups in total. The first-order chi connectivity index (χ1) is 13.0. The average Bonchev–Trinajstić information content (AvgIpc) is 2.63. The number of piperidine rings is 1. The van der Waals surface area contributed by atoms with Gasteiger partial charge < -0.3 is 20.1 Å². The van der Waals surface area contributed by atoms with Crippen molar-refractivity contribution in [2.24, 2.45) is 5.92 Å². The Bertz CT molecular complexity index is 797. The molecule has 2 heterocycles. The number of nitrogens with zero attached hydrogens (tertiary/aromatic N) is 3. The number of esters is 1. The first-order valence-electron chi connectivity index (χ1n) is 9.26. The predicted octanol–water partition coefficient (Wildman–Crippen LogP) is 3.25. The minimum atomic E-state index is -0.119. The van der Waals surface area contributed by atoms with Crippen LogP contribution in [0.5, 0.6) is 11.6 Å². The van der Waals surface area contributed by atoms with Crippen molar-refractivity contribution >= 4 is 17.5 Å². The molecule has 0 bridgehead atoms. The van der Waals surface area contributed by atoms with E-state index in [1.165, 1.54) is 6.33 Å². The summed E-state index contributed by atoms with van der Waals surface area (Å²) in [5, 5.41) is 0. The van der Waals surface area contributed by atoms with E-state index < -0.39 is 0 Å². The van der Waals surface area contributed by atoms with Gasteiger partial charge in [0.25, 0.3) is 0 Å². The summed E-state index contributed by atoms with van der Waals surface area (Å²) in [6, 6.07) is 5.97. The summed E-state index contributed by atoms with van der Waals surface area (Å²) in [6.07, 6.45) is 2.90. The number of nitrogen functional groups attached to an aromatic ring is 1. The number of aromatic nitrogens is 2. The maximum absolute atomic E-state index is 11.9. The number of rotatable bonds is 5. The van der Waals surface area contributed by atoms with Crippen LogP contribution in [0.25, 0.3) is 0 Å². The Morgan fingerprint density at radius 2 is 1.85 bits per heavy atom. The Morgan fingerprint density at radius 3 is 2.48 bits per heavy atom. The van der Waals surface area contributed by atoms with E-state index >= 15 is 0 Å². The molecule has 1 aromatic heterocycles. The molecule has 0 spiro atoms. The third-order valence-electron chi connectivity index (χ3n) is 4.65. The number of benzene rings is 1. The highest BCUT2D eigenvalue weighted by Gasteiger charge is 2.28. The van der Waals surface area contributed by atoms with E-state index in [0.717, 1.165) is 24.0 Å². The molecule has 1 aliphatic rings. The highest BCUT2D eigenvalue weighted by Crippen LogP contribution is 2.34. The molecular formula is C20H26N4O3. The van der Waals surface area contributed by atoms with E-state index in [4.69, 9.17) is 15.2 Å². The second-order valence-corrected chi connectivity index (χ2v) is 6.85. The van der Waals surface area contributed by atoms with Gasteiger partial charge >= 0.3 is 5.97 Å². The smallest absolute Gasteiger partial charge is 0.309 e. The molecule has 0 amide bonds. The van der Waals surface area contributed by atoms with Gasteiger partial charge in [0.05, 0.1) is 12.5 Å². The van der Waals surface area contributed by atoms with Crippen molar-refractivity contribution in [1.82, 2.24) is 9.97 Å². The van der Waals surface area contributed by atoms with Crippen LogP contribution in [-0.2, 0) is 9.53 Å². The van der Waals surface area contributed by atoms with Gasteiger partial charge in [-0.05, 0) is 56.9 Å². The zero-order chi connectivity index (χ0) is 19.4. The standard InChI is InChI=1S/C20H26N4O3/c1-4-26-20(25)15-5-7-24(8-6-15)18-17(21)19(23-12-22-18)27-16-10-13(2)9-14(3)11-16/h9-12,15H,4-8,21H2,1-3H3. The van der Waals surface area contributed by atoms with Crippen molar-refractivity contribution in [2.75, 3.05) is 30.3 Å². The summed E-state index contributed by atoms with van der Waals surface area (Å²) in [4.78, 5) is 22.5. The largest absolute Gasteiger partial charge is 0.466 e. The molecule has 27 heavy (non-hydrogen) atoms. The van der Waals surface area contributed by atoms with Gasteiger partial charge in [0.2, 0.25) is 5.88 Å². The fourth-order valence-electron chi connectivity index (χ4n) is 3.39. The second-order valence-electron chi connectivity index (χ2n) is 6.85. The van der Waals surface area contributed by atoms with E-state index in [0.29, 0.717) is 42.8 Å². The van der Waals surface area contributed by atoms with Gasteiger partial charge in [0.15, 0.2) is 5.82 Å². The van der Waals surface area contributed by atoms with Crippen molar-refractivity contribution in [3.8, 4) is 11.6 Å². The van der Waals surface area contributed by atoms with E-state index in [-0.39, 0.29) is 11.9 Å². The first kappa shape index (κ1) is 18.9. The molecule has 2 aromatic rings. The van der Waals surface area contributed by atoms with Crippen LogP contribution in [0.3, 0.4) is 0 Å². The topological polar surface area (TPSA) is 90.6 Å². The lowest BCUT2D eigenvalue weighted by atomic mass is 9.97. The number of carbonyl (C=O) groups excluding carboxylic acids is 1. The number of hydrogen-bond acceptors (Lipinski definition) is 7. The summed E-state index contributed by atoms with van der Waals surface area (Å²) in [7, 11) is 0. The minimum Gasteiger partial charge on any atom is -0.466 e. The van der Waals surface area contributed by atoms with Crippen LogP contribution in [-0.4, -0.2) is 35.6 Å². The van der Waals surface area contributed by atoms with Crippen LogP contribution in [0.1, 0.15) is 30.9 Å². The maximum Gasteiger partial charge on any atom is 0.309 e. The SMILES string of the molecule is CCOC(=O)C1CCN(c2ncnc(Oc3cc(C)cc(C)c3)c2N)CC1. The molecule has 7 nitrogen and oxygen atoms in total. The van der Waals surface area contributed by atoms with Gasteiger partial charge in [-0.15, -0.1) is 0 Å². The Morgan fingerprint density at radius 1 is 1.19 bits per heavy atom. The predicted molar refractivity (Wildman–Crippen MR) is 104 cm³/mol. The van der Waals surface area contributed by atoms with Crippen molar-refractivity contribution in [3.05, 3.63) is 35.7 Å². The van der Waals surface area contributed by atoms with Crippen molar-refractivity contribution in [3.63, 3.8) is 0 Å². The number of ether oxygens (including phenoxy) is 2. The van der Waals surface area contributed by atoms with Gasteiger partial charge in [-0.1, -0.05) is 6.07 Å². The lowest BCUT2D eigenvalue weighted by molar-refractivity contribution is -0.148. The minimum absolute atomic E-state index is 0.0600. The highest BCUT2D eigenvalue weighted by molar-refractivity contribution is 5.73. The Hall–Kier alpha value is -2.83. The Kier molecular flexibility index (Phi) is 5.78. The number of anilines is 2. The van der Waals surface area contributed by atoms with Gasteiger partial charge in [-0.2, -0.15) is 4.98 Å². The molecule has 3 rings (SSSR count). The van der Waals surface area contributed by atoms with E-state index in [1.54, 1.807) is 0 Å². The van der Waals surface area contributed by atoms with E-state index in [1.807, 2.05) is 32.9 Å². The fraction of sp³-hybridized carbons (Fsp3) is 0.450. The molecule has 1 fully saturated rings. The fourth-order valence-corrected chi connectivity index (χ4v) is 3.39. The molecule has 0 saturated carbocycles. The molecule has 0 atom stereocenters. The normalized spacial score (nSPS) is 14.9. The lowest BCUT2D eigenvalue weighted by Gasteiger charge is -2.32. The number of aryl methyl sites for hydroxylation is 2. The van der Waals surface area contributed by atoms with E-state index in [2.05, 4.69) is 20.9 Å². The van der Waals surface area contributed by atoms with Crippen LogP contribution in [0.2, 0.25) is 0 Å². The Labute approximate surface area is 159 Å². The molecule has 0 radical (unpaired) electrons. The summed E-state index contributed by atoms with van der Waals surface area (Å²) < 4.78 is 11.0. The van der Waals surface area contributed by atoms with E-state index in [9.17, 15) is 4.79 Å². The molecule has 1 aromatic carbocycles. The summed E-state index contributed by atoms with van der Waals surface area (Å²) in [6.45, 7) is 7.65. The van der Waals surface area contributed by atoms with Crippen LogP contribution < -0.4 is 15.4 Å². The number of carbonyl (C=O) groups is 1. The molecule has 1 aliphatic heterocycles. The molecule has 0 unspecified atom stereocenters. The van der Waals surface area contributed by atoms with Crippen molar-refractivity contribution in [2.45, 2.75) is 33.6 Å². The number of nitrogens with two attached hydrogens (primary N) is 1. The average molecular weight is 370 g/mol. The molecular weight excluding hydrogens is 344 g/mol. The van der Waals surface area contributed by atoms with Crippen molar-refractivity contribution in [1.29, 1.82) is 0 Å².